The zero-order chi connectivity index (χ0) is 12.6. The predicted molar refractivity (Wildman–Crippen MR) is 62.1 cm³/mol. The quantitative estimate of drug-likeness (QED) is 0.520. The number of hydrogen-bond donors (Lipinski definition) is 3. The topological polar surface area (TPSA) is 94.8 Å². The summed E-state index contributed by atoms with van der Waals surface area (Å²) in [4.78, 5) is -0.155. The first kappa shape index (κ1) is 11.7. The molecule has 0 unspecified atom stereocenters. The number of aromatic hydroxyl groups is 2. The summed E-state index contributed by atoms with van der Waals surface area (Å²) in [5.41, 5.74) is 1.10. The molecule has 0 radical (unpaired) electrons. The molecule has 5 nitrogen and oxygen atoms in total. The maximum atomic E-state index is 11.0. The first-order chi connectivity index (χ1) is 7.88. The maximum absolute atomic E-state index is 11.0. The van der Waals surface area contributed by atoms with Gasteiger partial charge >= 0.3 is 0 Å². The van der Waals surface area contributed by atoms with E-state index in [-0.39, 0.29) is 22.8 Å². The van der Waals surface area contributed by atoms with Gasteiger partial charge in [-0.15, -0.1) is 0 Å². The van der Waals surface area contributed by atoms with Gasteiger partial charge < -0.3 is 10.2 Å². The zero-order valence-corrected chi connectivity index (χ0v) is 9.48. The predicted octanol–water partition coefficient (Wildman–Crippen LogP) is 1.44. The van der Waals surface area contributed by atoms with E-state index in [1.54, 1.807) is 6.08 Å². The molecule has 2 rings (SSSR count). The summed E-state index contributed by atoms with van der Waals surface area (Å²) in [6.45, 7) is 0. The van der Waals surface area contributed by atoms with Gasteiger partial charge in [0.2, 0.25) is 0 Å². The Labute approximate surface area is 98.1 Å². The summed E-state index contributed by atoms with van der Waals surface area (Å²) < 4.78 is 31.1. The molecule has 0 amide bonds. The second kappa shape index (κ2) is 3.90. The molecular weight excluding hydrogens is 244 g/mol. The lowest BCUT2D eigenvalue weighted by atomic mass is 10.0. The summed E-state index contributed by atoms with van der Waals surface area (Å²) >= 11 is 0. The Morgan fingerprint density at radius 1 is 1.12 bits per heavy atom. The normalized spacial score (nSPS) is 15.0. The third-order valence-electron chi connectivity index (χ3n) is 2.49. The van der Waals surface area contributed by atoms with E-state index in [0.717, 1.165) is 0 Å². The molecule has 0 saturated carbocycles. The lowest BCUT2D eigenvalue weighted by molar-refractivity contribution is 0.403. The van der Waals surface area contributed by atoms with E-state index in [1.807, 2.05) is 0 Å². The van der Waals surface area contributed by atoms with Gasteiger partial charge in [-0.05, 0) is 29.3 Å². The first-order valence-corrected chi connectivity index (χ1v) is 6.21. The highest BCUT2D eigenvalue weighted by Gasteiger charge is 2.18. The van der Waals surface area contributed by atoms with Gasteiger partial charge in [-0.25, -0.2) is 0 Å². The van der Waals surface area contributed by atoms with Crippen LogP contribution in [0.3, 0.4) is 0 Å². The molecule has 17 heavy (non-hydrogen) atoms. The van der Waals surface area contributed by atoms with Gasteiger partial charge in [0.15, 0.2) is 11.5 Å². The number of fused-ring (bicyclic) bond motifs is 1. The highest BCUT2D eigenvalue weighted by atomic mass is 32.2. The summed E-state index contributed by atoms with van der Waals surface area (Å²) in [5.74, 6) is -0.600. The van der Waals surface area contributed by atoms with Crippen LogP contribution in [0, 0.1) is 0 Å². The van der Waals surface area contributed by atoms with Gasteiger partial charge in [-0.3, -0.25) is 4.55 Å². The summed E-state index contributed by atoms with van der Waals surface area (Å²) in [5, 5.41) is 18.7. The molecule has 0 aliphatic heterocycles. The van der Waals surface area contributed by atoms with Crippen molar-refractivity contribution in [1.29, 1.82) is 0 Å². The highest BCUT2D eigenvalue weighted by molar-refractivity contribution is 7.89. The van der Waals surface area contributed by atoms with E-state index in [1.165, 1.54) is 24.3 Å². The number of phenolic OH excluding ortho intramolecular Hbond substituents is 2. The number of rotatable bonds is 1. The van der Waals surface area contributed by atoms with Crippen LogP contribution in [0.5, 0.6) is 11.5 Å². The molecule has 90 valence electrons. The molecule has 0 fully saturated rings. The molecule has 0 atom stereocenters. The minimum Gasteiger partial charge on any atom is -0.504 e. The molecule has 1 aromatic rings. The van der Waals surface area contributed by atoms with Crippen LogP contribution in [-0.4, -0.2) is 23.2 Å². The lowest BCUT2D eigenvalue weighted by Gasteiger charge is -2.07. The maximum Gasteiger partial charge on any atom is 0.290 e. The largest absolute Gasteiger partial charge is 0.504 e. The van der Waals surface area contributed by atoms with Crippen LogP contribution in [0.25, 0.3) is 6.08 Å². The van der Waals surface area contributed by atoms with Gasteiger partial charge in [-0.2, -0.15) is 8.42 Å². The molecular formula is C11H10O5S. The van der Waals surface area contributed by atoms with Gasteiger partial charge in [0.25, 0.3) is 10.1 Å². The molecule has 6 heteroatoms. The van der Waals surface area contributed by atoms with Crippen LogP contribution in [0.4, 0.5) is 0 Å². The SMILES string of the molecule is O=S(=O)(O)C1=CC=Cc2cc(O)c(O)cc2C1. The lowest BCUT2D eigenvalue weighted by Crippen LogP contribution is -2.04. The molecule has 3 N–H and O–H groups in total. The fourth-order valence-electron chi connectivity index (χ4n) is 1.63. The zero-order valence-electron chi connectivity index (χ0n) is 8.66. The van der Waals surface area contributed by atoms with Gasteiger partial charge in [0.1, 0.15) is 0 Å². The number of benzene rings is 1. The van der Waals surface area contributed by atoms with E-state index in [0.29, 0.717) is 11.1 Å². The average Bonchev–Trinajstić information content (AvgIpc) is 2.40. The minimum absolute atomic E-state index is 0.0327. The molecule has 1 aromatic carbocycles. The van der Waals surface area contributed by atoms with Crippen LogP contribution in [-0.2, 0) is 16.5 Å². The molecule has 0 spiro atoms. The molecule has 0 aromatic heterocycles. The average molecular weight is 254 g/mol. The standard InChI is InChI=1S/C11H10O5S/c12-10-5-7-2-1-3-9(17(14,15)16)4-8(7)6-11(10)13/h1-3,5-6,12-13H,4H2,(H,14,15,16). The molecule has 0 bridgehead atoms. The second-order valence-corrected chi connectivity index (χ2v) is 5.16. The molecule has 0 saturated heterocycles. The fourth-order valence-corrected chi connectivity index (χ4v) is 2.22. The monoisotopic (exact) mass is 254 g/mol. The van der Waals surface area contributed by atoms with Crippen molar-refractivity contribution >= 4 is 16.2 Å². The van der Waals surface area contributed by atoms with Crippen molar-refractivity contribution in [1.82, 2.24) is 0 Å². The van der Waals surface area contributed by atoms with Gasteiger partial charge in [0, 0.05) is 6.42 Å². The van der Waals surface area contributed by atoms with E-state index < -0.39 is 10.1 Å². The van der Waals surface area contributed by atoms with E-state index in [9.17, 15) is 18.6 Å². The van der Waals surface area contributed by atoms with Crippen molar-refractivity contribution in [2.45, 2.75) is 6.42 Å². The van der Waals surface area contributed by atoms with Crippen molar-refractivity contribution in [2.24, 2.45) is 0 Å². The van der Waals surface area contributed by atoms with Crippen molar-refractivity contribution in [2.75, 3.05) is 0 Å². The molecule has 1 aliphatic rings. The van der Waals surface area contributed by atoms with Gasteiger partial charge in [0.05, 0.1) is 4.91 Å². The number of phenols is 2. The first-order valence-electron chi connectivity index (χ1n) is 4.77. The van der Waals surface area contributed by atoms with E-state index >= 15 is 0 Å². The Hall–Kier alpha value is -1.79. The third kappa shape index (κ3) is 2.32. The molecule has 0 heterocycles. The number of hydrogen-bond acceptors (Lipinski definition) is 4. The Kier molecular flexibility index (Phi) is 2.68. The Balaban J connectivity index is 2.54. The highest BCUT2D eigenvalue weighted by Crippen LogP contribution is 2.32. The Morgan fingerprint density at radius 3 is 2.41 bits per heavy atom. The van der Waals surface area contributed by atoms with Crippen molar-refractivity contribution in [3.63, 3.8) is 0 Å². The Bertz CT molecular complexity index is 626. The van der Waals surface area contributed by atoms with Crippen LogP contribution in [0.1, 0.15) is 11.1 Å². The summed E-state index contributed by atoms with van der Waals surface area (Å²) in [6, 6.07) is 2.61. The van der Waals surface area contributed by atoms with Crippen LogP contribution >= 0.6 is 0 Å². The van der Waals surface area contributed by atoms with Crippen LogP contribution < -0.4 is 0 Å². The van der Waals surface area contributed by atoms with Gasteiger partial charge in [-0.1, -0.05) is 12.2 Å². The van der Waals surface area contributed by atoms with Crippen molar-refractivity contribution < 1.29 is 23.2 Å². The third-order valence-corrected chi connectivity index (χ3v) is 3.43. The number of allylic oxidation sites excluding steroid dienone is 3. The van der Waals surface area contributed by atoms with Crippen molar-refractivity contribution in [3.05, 3.63) is 40.3 Å². The van der Waals surface area contributed by atoms with Crippen molar-refractivity contribution in [3.8, 4) is 11.5 Å². The van der Waals surface area contributed by atoms with E-state index in [2.05, 4.69) is 0 Å². The molecule has 1 aliphatic carbocycles. The Morgan fingerprint density at radius 2 is 1.76 bits per heavy atom. The van der Waals surface area contributed by atoms with Crippen LogP contribution in [0.2, 0.25) is 0 Å². The minimum atomic E-state index is -4.25. The van der Waals surface area contributed by atoms with Crippen LogP contribution in [0.15, 0.2) is 29.2 Å². The van der Waals surface area contributed by atoms with E-state index in [4.69, 9.17) is 4.55 Å². The summed E-state index contributed by atoms with van der Waals surface area (Å²) in [6.07, 6.45) is 4.30. The smallest absolute Gasteiger partial charge is 0.290 e. The fraction of sp³-hybridized carbons (Fsp3) is 0.0909. The second-order valence-electron chi connectivity index (χ2n) is 3.68. The summed E-state index contributed by atoms with van der Waals surface area (Å²) in [7, 11) is -4.25.